The van der Waals surface area contributed by atoms with Gasteiger partial charge in [0.15, 0.2) is 11.5 Å². The van der Waals surface area contributed by atoms with Crippen LogP contribution in [0.2, 0.25) is 0 Å². The first-order chi connectivity index (χ1) is 9.56. The maximum absolute atomic E-state index is 9.98. The molecule has 1 N–H and O–H groups in total. The van der Waals surface area contributed by atoms with Crippen LogP contribution in [0.4, 0.5) is 0 Å². The number of likely N-dealkylation sites (tertiary alicyclic amines) is 1. The summed E-state index contributed by atoms with van der Waals surface area (Å²) in [5.41, 5.74) is 1.14. The molecular weight excluding hydrogens is 322 g/mol. The van der Waals surface area contributed by atoms with E-state index in [2.05, 4.69) is 27.8 Å². The maximum Gasteiger partial charge on any atom is 0.175 e. The summed E-state index contributed by atoms with van der Waals surface area (Å²) in [5, 5.41) is 9.98. The second-order valence-corrected chi connectivity index (χ2v) is 6.14. The van der Waals surface area contributed by atoms with E-state index < -0.39 is 0 Å². The van der Waals surface area contributed by atoms with Gasteiger partial charge in [-0.3, -0.25) is 4.90 Å². The van der Waals surface area contributed by atoms with Gasteiger partial charge in [0.25, 0.3) is 0 Å². The Morgan fingerprint density at radius 2 is 2.10 bits per heavy atom. The maximum atomic E-state index is 9.98. The number of benzene rings is 1. The van der Waals surface area contributed by atoms with Crippen LogP contribution in [0.5, 0.6) is 11.5 Å². The summed E-state index contributed by atoms with van der Waals surface area (Å²) in [6.07, 6.45) is 0.800. The molecule has 0 saturated carbocycles. The predicted molar refractivity (Wildman–Crippen MR) is 82.3 cm³/mol. The van der Waals surface area contributed by atoms with Crippen molar-refractivity contribution in [2.24, 2.45) is 5.92 Å². The number of methoxy groups -OCH3 is 2. The van der Waals surface area contributed by atoms with Crippen LogP contribution >= 0.6 is 15.9 Å². The summed E-state index contributed by atoms with van der Waals surface area (Å²) in [6.45, 7) is 4.64. The van der Waals surface area contributed by atoms with Gasteiger partial charge in [-0.2, -0.15) is 0 Å². The summed E-state index contributed by atoms with van der Waals surface area (Å²) in [6, 6.07) is 3.96. The Hall–Kier alpha value is -0.780. The van der Waals surface area contributed by atoms with Crippen LogP contribution in [0.25, 0.3) is 0 Å². The lowest BCUT2D eigenvalue weighted by atomic mass is 9.96. The molecule has 0 spiro atoms. The minimum absolute atomic E-state index is 0.234. The largest absolute Gasteiger partial charge is 0.493 e. The number of aliphatic hydroxyl groups excluding tert-OH is 1. The van der Waals surface area contributed by atoms with Gasteiger partial charge in [0.2, 0.25) is 0 Å². The summed E-state index contributed by atoms with van der Waals surface area (Å²) < 4.78 is 11.6. The average molecular weight is 344 g/mol. The van der Waals surface area contributed by atoms with Gasteiger partial charge in [-0.25, -0.2) is 0 Å². The number of rotatable bonds is 4. The molecule has 1 aromatic carbocycles. The second kappa shape index (κ2) is 6.78. The van der Waals surface area contributed by atoms with E-state index in [0.29, 0.717) is 5.92 Å². The zero-order valence-electron chi connectivity index (χ0n) is 12.2. The topological polar surface area (TPSA) is 41.9 Å². The molecule has 20 heavy (non-hydrogen) atoms. The van der Waals surface area contributed by atoms with Crippen molar-refractivity contribution >= 4 is 15.9 Å². The predicted octanol–water partition coefficient (Wildman–Crippen LogP) is 2.67. The molecule has 0 amide bonds. The Labute approximate surface area is 128 Å². The van der Waals surface area contributed by atoms with Crippen molar-refractivity contribution in [3.05, 3.63) is 22.2 Å². The van der Waals surface area contributed by atoms with Gasteiger partial charge in [-0.15, -0.1) is 0 Å². The fraction of sp³-hybridized carbons (Fsp3) is 0.600. The minimum atomic E-state index is -0.234. The van der Waals surface area contributed by atoms with E-state index in [1.54, 1.807) is 14.2 Å². The Morgan fingerprint density at radius 3 is 2.70 bits per heavy atom. The summed E-state index contributed by atoms with van der Waals surface area (Å²) in [7, 11) is 3.27. The summed E-state index contributed by atoms with van der Waals surface area (Å²) in [5.74, 6) is 1.83. The van der Waals surface area contributed by atoms with E-state index in [9.17, 15) is 5.11 Å². The van der Waals surface area contributed by atoms with Gasteiger partial charge in [-0.1, -0.05) is 13.0 Å². The van der Waals surface area contributed by atoms with Crippen LogP contribution in [0.3, 0.4) is 0 Å². The van der Waals surface area contributed by atoms with Crippen molar-refractivity contribution in [1.29, 1.82) is 0 Å². The van der Waals surface area contributed by atoms with E-state index >= 15 is 0 Å². The highest BCUT2D eigenvalue weighted by Crippen LogP contribution is 2.38. The number of nitrogens with zero attached hydrogens (tertiary/aromatic N) is 1. The van der Waals surface area contributed by atoms with E-state index in [-0.39, 0.29) is 6.10 Å². The highest BCUT2D eigenvalue weighted by atomic mass is 79.9. The molecule has 1 fully saturated rings. The molecule has 5 heteroatoms. The van der Waals surface area contributed by atoms with Gasteiger partial charge in [0.05, 0.1) is 24.8 Å². The van der Waals surface area contributed by atoms with Crippen molar-refractivity contribution in [3.8, 4) is 11.5 Å². The molecular formula is C15H22BrNO3. The zero-order chi connectivity index (χ0) is 14.7. The smallest absolute Gasteiger partial charge is 0.175 e. The number of halogens is 1. The van der Waals surface area contributed by atoms with E-state index in [4.69, 9.17) is 9.47 Å². The monoisotopic (exact) mass is 343 g/mol. The summed E-state index contributed by atoms with van der Waals surface area (Å²) >= 11 is 3.59. The molecule has 0 radical (unpaired) electrons. The van der Waals surface area contributed by atoms with Gasteiger partial charge < -0.3 is 14.6 Å². The quantitative estimate of drug-likeness (QED) is 0.912. The van der Waals surface area contributed by atoms with Crippen molar-refractivity contribution in [3.63, 3.8) is 0 Å². The van der Waals surface area contributed by atoms with Crippen molar-refractivity contribution < 1.29 is 14.6 Å². The average Bonchev–Trinajstić information content (AvgIpc) is 2.44. The number of ether oxygens (including phenoxy) is 2. The number of hydrogen-bond acceptors (Lipinski definition) is 4. The van der Waals surface area contributed by atoms with Crippen LogP contribution in [-0.4, -0.2) is 43.4 Å². The number of hydrogen-bond donors (Lipinski definition) is 1. The Bertz CT molecular complexity index is 467. The number of aliphatic hydroxyl groups is 1. The molecule has 4 nitrogen and oxygen atoms in total. The zero-order valence-corrected chi connectivity index (χ0v) is 13.8. The molecule has 0 aliphatic carbocycles. The van der Waals surface area contributed by atoms with Crippen LogP contribution in [0.15, 0.2) is 16.6 Å². The molecule has 1 aromatic rings. The first-order valence-electron chi connectivity index (χ1n) is 6.86. The van der Waals surface area contributed by atoms with E-state index in [1.165, 1.54) is 0 Å². The molecule has 1 saturated heterocycles. The number of β-amino-alcohol motifs (C(OH)–C–C–N with tert-alkyl or cyclic N) is 1. The molecule has 0 aromatic heterocycles. The lowest BCUT2D eigenvalue weighted by molar-refractivity contribution is 0.0258. The van der Waals surface area contributed by atoms with Crippen LogP contribution in [0.1, 0.15) is 18.9 Å². The van der Waals surface area contributed by atoms with Crippen LogP contribution in [0, 0.1) is 5.92 Å². The highest BCUT2D eigenvalue weighted by Gasteiger charge is 2.25. The van der Waals surface area contributed by atoms with Gasteiger partial charge in [-0.05, 0) is 46.4 Å². The van der Waals surface area contributed by atoms with Crippen molar-refractivity contribution in [2.45, 2.75) is 26.0 Å². The van der Waals surface area contributed by atoms with Gasteiger partial charge in [0, 0.05) is 13.1 Å². The highest BCUT2D eigenvalue weighted by molar-refractivity contribution is 9.10. The molecule has 0 bridgehead atoms. The molecule has 1 aliphatic rings. The van der Waals surface area contributed by atoms with Crippen LogP contribution < -0.4 is 9.47 Å². The molecule has 2 unspecified atom stereocenters. The first-order valence-corrected chi connectivity index (χ1v) is 7.66. The minimum Gasteiger partial charge on any atom is -0.493 e. The van der Waals surface area contributed by atoms with Gasteiger partial charge in [0.1, 0.15) is 0 Å². The second-order valence-electron chi connectivity index (χ2n) is 5.34. The Morgan fingerprint density at radius 1 is 1.35 bits per heavy atom. The molecule has 2 atom stereocenters. The number of piperidine rings is 1. The fourth-order valence-corrected chi connectivity index (χ4v) is 3.17. The third kappa shape index (κ3) is 3.27. The molecule has 112 valence electrons. The molecule has 1 heterocycles. The summed E-state index contributed by atoms with van der Waals surface area (Å²) in [4.78, 5) is 2.27. The molecule has 2 rings (SSSR count). The molecule has 1 aliphatic heterocycles. The van der Waals surface area contributed by atoms with Crippen molar-refractivity contribution in [2.75, 3.05) is 27.3 Å². The SMILES string of the molecule is COc1ccc(CN2CCC(C)C(O)C2)c(Br)c1OC. The van der Waals surface area contributed by atoms with E-state index in [0.717, 1.165) is 47.6 Å². The van der Waals surface area contributed by atoms with Crippen molar-refractivity contribution in [1.82, 2.24) is 4.90 Å². The Kier molecular flexibility index (Phi) is 5.29. The third-order valence-corrected chi connectivity index (χ3v) is 4.83. The fourth-order valence-electron chi connectivity index (χ4n) is 2.55. The Balaban J connectivity index is 2.14. The van der Waals surface area contributed by atoms with E-state index in [1.807, 2.05) is 12.1 Å². The van der Waals surface area contributed by atoms with Crippen LogP contribution in [-0.2, 0) is 6.54 Å². The standard InChI is InChI=1S/C15H22BrNO3/c1-10-6-7-17(9-12(10)18)8-11-4-5-13(19-2)15(20-3)14(11)16/h4-5,10,12,18H,6-9H2,1-3H3. The van der Waals surface area contributed by atoms with Gasteiger partial charge >= 0.3 is 0 Å². The normalized spacial score (nSPS) is 23.6. The third-order valence-electron chi connectivity index (χ3n) is 3.96. The lowest BCUT2D eigenvalue weighted by Crippen LogP contribution is -2.42. The lowest BCUT2D eigenvalue weighted by Gasteiger charge is -2.34. The first kappa shape index (κ1) is 15.6.